The number of hydrogen-bond donors (Lipinski definition) is 1. The topological polar surface area (TPSA) is 44.3 Å². The molecule has 0 atom stereocenters. The minimum Gasteiger partial charge on any atom is -0.369 e. The van der Waals surface area contributed by atoms with Crippen LogP contribution in [0.3, 0.4) is 0 Å². The summed E-state index contributed by atoms with van der Waals surface area (Å²) in [6.07, 6.45) is 4.06. The third kappa shape index (κ3) is 5.97. The lowest BCUT2D eigenvalue weighted by Crippen LogP contribution is -2.44. The van der Waals surface area contributed by atoms with Crippen LogP contribution in [0.5, 0.6) is 0 Å². The van der Waals surface area contributed by atoms with Crippen molar-refractivity contribution in [1.29, 1.82) is 0 Å². The molecule has 0 unspecified atom stereocenters. The molecule has 2 aromatic rings. The highest BCUT2D eigenvalue weighted by Gasteiger charge is 2.14. The molecule has 1 aromatic heterocycles. The minimum atomic E-state index is 0.182. The molecule has 5 heteroatoms. The second-order valence-electron chi connectivity index (χ2n) is 8.63. The number of anilines is 2. The number of piperazine rings is 1. The van der Waals surface area contributed by atoms with Gasteiger partial charge in [-0.3, -0.25) is 0 Å². The summed E-state index contributed by atoms with van der Waals surface area (Å²) in [6.45, 7) is 11.8. The molecule has 0 spiro atoms. The van der Waals surface area contributed by atoms with Crippen LogP contribution >= 0.6 is 0 Å². The fraction of sp³-hybridized carbons (Fsp3) is 0.478. The monoisotopic (exact) mass is 377 g/mol. The largest absolute Gasteiger partial charge is 0.369 e. The van der Waals surface area contributed by atoms with Gasteiger partial charge in [0.15, 0.2) is 0 Å². The van der Waals surface area contributed by atoms with Gasteiger partial charge in [-0.05, 0) is 30.2 Å². The molecule has 0 aliphatic carbocycles. The molecule has 3 rings (SSSR count). The molecule has 0 radical (unpaired) electrons. The molecule has 1 N–H and O–H groups in total. The maximum absolute atomic E-state index is 4.34. The van der Waals surface area contributed by atoms with Crippen LogP contribution in [0.15, 0.2) is 36.8 Å². The summed E-state index contributed by atoms with van der Waals surface area (Å²) >= 11 is 0. The van der Waals surface area contributed by atoms with Gasteiger partial charge in [-0.1, -0.05) is 44.7 Å². The van der Waals surface area contributed by atoms with E-state index in [4.69, 9.17) is 0 Å². The summed E-state index contributed by atoms with van der Waals surface area (Å²) in [5, 5.41) is 3.39. The van der Waals surface area contributed by atoms with Gasteiger partial charge >= 0.3 is 0 Å². The normalized spacial score (nSPS) is 15.1. The highest BCUT2D eigenvalue weighted by molar-refractivity contribution is 5.53. The van der Waals surface area contributed by atoms with Crippen molar-refractivity contribution in [3.63, 3.8) is 0 Å². The Hall–Kier alpha value is -2.58. The van der Waals surface area contributed by atoms with Crippen LogP contribution in [0.2, 0.25) is 0 Å². The molecule has 5 nitrogen and oxygen atoms in total. The van der Waals surface area contributed by atoms with Crippen molar-refractivity contribution in [2.24, 2.45) is 5.41 Å². The zero-order valence-corrected chi connectivity index (χ0v) is 17.5. The Labute approximate surface area is 169 Å². The first-order valence-corrected chi connectivity index (χ1v) is 9.96. The van der Waals surface area contributed by atoms with Crippen molar-refractivity contribution in [3.05, 3.63) is 47.9 Å². The van der Waals surface area contributed by atoms with Gasteiger partial charge in [-0.25, -0.2) is 9.97 Å². The van der Waals surface area contributed by atoms with Crippen LogP contribution in [0.1, 0.15) is 31.9 Å². The van der Waals surface area contributed by atoms with Crippen LogP contribution in [0.4, 0.5) is 11.5 Å². The van der Waals surface area contributed by atoms with Gasteiger partial charge in [0.25, 0.3) is 0 Å². The molecule has 1 fully saturated rings. The molecular weight excluding hydrogens is 346 g/mol. The van der Waals surface area contributed by atoms with E-state index in [-0.39, 0.29) is 5.41 Å². The highest BCUT2D eigenvalue weighted by atomic mass is 15.2. The molecule has 28 heavy (non-hydrogen) atoms. The van der Waals surface area contributed by atoms with Crippen LogP contribution in [0, 0.1) is 17.3 Å². The second kappa shape index (κ2) is 9.07. The first-order valence-electron chi connectivity index (χ1n) is 9.96. The molecular formula is C23H31N5. The van der Waals surface area contributed by atoms with E-state index in [1.54, 1.807) is 12.5 Å². The first kappa shape index (κ1) is 20.2. The van der Waals surface area contributed by atoms with Gasteiger partial charge in [-0.2, -0.15) is 0 Å². The van der Waals surface area contributed by atoms with E-state index in [1.165, 1.54) is 11.3 Å². The van der Waals surface area contributed by atoms with Gasteiger partial charge in [0.05, 0.1) is 5.56 Å². The van der Waals surface area contributed by atoms with Crippen molar-refractivity contribution in [2.45, 2.75) is 27.2 Å². The third-order valence-electron chi connectivity index (χ3n) is 4.82. The number of hydrogen-bond acceptors (Lipinski definition) is 5. The van der Waals surface area contributed by atoms with Crippen molar-refractivity contribution >= 4 is 11.5 Å². The highest BCUT2D eigenvalue weighted by Crippen LogP contribution is 2.18. The van der Waals surface area contributed by atoms with E-state index in [0.717, 1.165) is 50.5 Å². The van der Waals surface area contributed by atoms with E-state index in [1.807, 2.05) is 0 Å². The van der Waals surface area contributed by atoms with Crippen LogP contribution in [-0.4, -0.2) is 54.6 Å². The minimum absolute atomic E-state index is 0.182. The van der Waals surface area contributed by atoms with Crippen molar-refractivity contribution in [2.75, 3.05) is 50.0 Å². The van der Waals surface area contributed by atoms with E-state index in [9.17, 15) is 0 Å². The fourth-order valence-electron chi connectivity index (χ4n) is 3.04. The Morgan fingerprint density at radius 1 is 1.07 bits per heavy atom. The number of aromatic nitrogens is 2. The Balaban J connectivity index is 1.60. The van der Waals surface area contributed by atoms with E-state index in [2.05, 4.69) is 89.0 Å². The number of rotatable bonds is 4. The fourth-order valence-corrected chi connectivity index (χ4v) is 3.04. The summed E-state index contributed by atoms with van der Waals surface area (Å²) in [6, 6.07) is 8.79. The SMILES string of the molecule is CN1CCN(c2ccc(CC#Cc3cncnc3NCC(C)(C)C)cc2)CC1. The predicted molar refractivity (Wildman–Crippen MR) is 117 cm³/mol. The summed E-state index contributed by atoms with van der Waals surface area (Å²) in [7, 11) is 2.18. The zero-order valence-electron chi connectivity index (χ0n) is 17.5. The maximum atomic E-state index is 4.34. The molecule has 0 bridgehead atoms. The quantitative estimate of drug-likeness (QED) is 0.829. The van der Waals surface area contributed by atoms with Crippen LogP contribution < -0.4 is 10.2 Å². The number of likely N-dealkylation sites (N-methyl/N-ethyl adjacent to an activating group) is 1. The first-order chi connectivity index (χ1) is 13.4. The van der Waals surface area contributed by atoms with Crippen LogP contribution in [0.25, 0.3) is 0 Å². The second-order valence-corrected chi connectivity index (χ2v) is 8.63. The molecule has 148 valence electrons. The lowest BCUT2D eigenvalue weighted by Gasteiger charge is -2.34. The summed E-state index contributed by atoms with van der Waals surface area (Å²) in [5.41, 5.74) is 3.56. The standard InChI is InChI=1S/C23H31N5/c1-23(2,3)17-25-22-20(16-24-18-26-22)7-5-6-19-8-10-21(11-9-19)28-14-12-27(4)13-15-28/h8-11,16,18H,6,12-15,17H2,1-4H3,(H,24,25,26). The van der Waals surface area contributed by atoms with Crippen molar-refractivity contribution in [3.8, 4) is 11.8 Å². The van der Waals surface area contributed by atoms with Gasteiger partial charge in [0.2, 0.25) is 0 Å². The molecule has 1 aromatic carbocycles. The van der Waals surface area contributed by atoms with E-state index >= 15 is 0 Å². The summed E-state index contributed by atoms with van der Waals surface area (Å²) in [4.78, 5) is 13.3. The maximum Gasteiger partial charge on any atom is 0.145 e. The van der Waals surface area contributed by atoms with Gasteiger partial charge in [0, 0.05) is 51.0 Å². The molecule has 0 saturated carbocycles. The van der Waals surface area contributed by atoms with Gasteiger partial charge in [0.1, 0.15) is 12.1 Å². The Bertz CT molecular complexity index is 819. The van der Waals surface area contributed by atoms with E-state index in [0.29, 0.717) is 0 Å². The average molecular weight is 378 g/mol. The van der Waals surface area contributed by atoms with Crippen LogP contribution in [-0.2, 0) is 6.42 Å². The van der Waals surface area contributed by atoms with E-state index < -0.39 is 0 Å². The zero-order chi connectivity index (χ0) is 20.0. The Kier molecular flexibility index (Phi) is 6.53. The Morgan fingerprint density at radius 3 is 2.46 bits per heavy atom. The molecule has 2 heterocycles. The summed E-state index contributed by atoms with van der Waals surface area (Å²) < 4.78 is 0. The lowest BCUT2D eigenvalue weighted by molar-refractivity contribution is 0.313. The smallest absolute Gasteiger partial charge is 0.145 e. The van der Waals surface area contributed by atoms with Gasteiger partial charge in [-0.15, -0.1) is 0 Å². The molecule has 1 saturated heterocycles. The number of nitrogens with zero attached hydrogens (tertiary/aromatic N) is 4. The lowest BCUT2D eigenvalue weighted by atomic mass is 9.97. The predicted octanol–water partition coefficient (Wildman–Crippen LogP) is 3.28. The van der Waals surface area contributed by atoms with Crippen molar-refractivity contribution < 1.29 is 0 Å². The number of benzene rings is 1. The van der Waals surface area contributed by atoms with Gasteiger partial charge < -0.3 is 15.1 Å². The molecule has 1 aliphatic rings. The summed E-state index contributed by atoms with van der Waals surface area (Å²) in [5.74, 6) is 7.31. The molecule has 0 amide bonds. The Morgan fingerprint density at radius 2 is 1.79 bits per heavy atom. The third-order valence-corrected chi connectivity index (χ3v) is 4.82. The van der Waals surface area contributed by atoms with Crippen molar-refractivity contribution in [1.82, 2.24) is 14.9 Å². The average Bonchev–Trinajstić information content (AvgIpc) is 2.68. The number of nitrogens with one attached hydrogen (secondary N) is 1. The molecule has 1 aliphatic heterocycles.